The van der Waals surface area contributed by atoms with Crippen LogP contribution in [0.1, 0.15) is 23.2 Å². The Morgan fingerprint density at radius 2 is 2.05 bits per heavy atom. The van der Waals surface area contributed by atoms with Crippen LogP contribution in [-0.2, 0) is 19.0 Å². The van der Waals surface area contributed by atoms with Crippen molar-refractivity contribution in [2.45, 2.75) is 25.4 Å². The van der Waals surface area contributed by atoms with Gasteiger partial charge >= 0.3 is 6.18 Å². The number of halogens is 4. The Kier molecular flexibility index (Phi) is 3.24. The molecule has 2 aromatic heterocycles. The fraction of sp³-hybridized carbons (Fsp3) is 0.308. The van der Waals surface area contributed by atoms with Crippen molar-refractivity contribution >= 4 is 11.6 Å². The molecule has 0 radical (unpaired) electrons. The lowest BCUT2D eigenvalue weighted by atomic mass is 10.2. The molecule has 4 nitrogen and oxygen atoms in total. The molecule has 0 fully saturated rings. The lowest BCUT2D eigenvalue weighted by molar-refractivity contribution is -0.137. The van der Waals surface area contributed by atoms with Crippen LogP contribution in [-0.4, -0.2) is 15.0 Å². The van der Waals surface area contributed by atoms with E-state index in [0.717, 1.165) is 12.5 Å². The molecule has 1 N–H and O–H groups in total. The molecule has 0 saturated heterocycles. The van der Waals surface area contributed by atoms with Gasteiger partial charge in [0, 0.05) is 11.8 Å². The number of hydrogen-bond donors (Lipinski definition) is 1. The molecule has 0 aliphatic heterocycles. The van der Waals surface area contributed by atoms with Crippen LogP contribution in [0.25, 0.3) is 11.5 Å². The minimum atomic E-state index is -4.52. The summed E-state index contributed by atoms with van der Waals surface area (Å²) in [6.45, 7) is 0. The Morgan fingerprint density at radius 3 is 2.71 bits per heavy atom. The fourth-order valence-electron chi connectivity index (χ4n) is 2.32. The van der Waals surface area contributed by atoms with Gasteiger partial charge in [-0.25, -0.2) is 4.98 Å². The predicted molar refractivity (Wildman–Crippen MR) is 70.1 cm³/mol. The molecule has 0 spiro atoms. The number of rotatable bonds is 1. The Hall–Kier alpha value is -1.89. The molecule has 0 amide bonds. The normalized spacial score (nSPS) is 14.3. The first-order valence-electron chi connectivity index (χ1n) is 6.21. The fourth-order valence-corrected chi connectivity index (χ4v) is 2.58. The smallest absolute Gasteiger partial charge is 0.305 e. The molecule has 0 aromatic carbocycles. The van der Waals surface area contributed by atoms with Gasteiger partial charge in [0.25, 0.3) is 5.56 Å². The molecule has 110 valence electrons. The SMILES string of the molecule is O=c1[nH]c(-c2ncc(C(F)(F)F)cc2Cl)nc2c1CCC2. The number of fused-ring (bicyclic) bond motifs is 1. The van der Waals surface area contributed by atoms with Crippen LogP contribution in [0.2, 0.25) is 5.02 Å². The van der Waals surface area contributed by atoms with Gasteiger partial charge in [-0.1, -0.05) is 11.6 Å². The third kappa shape index (κ3) is 2.53. The number of nitrogens with zero attached hydrogens (tertiary/aromatic N) is 2. The van der Waals surface area contributed by atoms with E-state index in [1.165, 1.54) is 0 Å². The van der Waals surface area contributed by atoms with Crippen molar-refractivity contribution < 1.29 is 13.2 Å². The average Bonchev–Trinajstić information content (AvgIpc) is 2.86. The summed E-state index contributed by atoms with van der Waals surface area (Å²) in [5.41, 5.74) is 0.0924. The molecule has 2 heterocycles. The number of hydrogen-bond acceptors (Lipinski definition) is 3. The van der Waals surface area contributed by atoms with Crippen LogP contribution < -0.4 is 5.56 Å². The second-order valence-corrected chi connectivity index (χ2v) is 5.15. The molecule has 8 heteroatoms. The summed E-state index contributed by atoms with van der Waals surface area (Å²) in [6.07, 6.45) is -1.68. The Balaban J connectivity index is 2.10. The van der Waals surface area contributed by atoms with Crippen LogP contribution in [0.15, 0.2) is 17.1 Å². The predicted octanol–water partition coefficient (Wildman–Crippen LogP) is 2.99. The van der Waals surface area contributed by atoms with E-state index in [2.05, 4.69) is 15.0 Å². The molecule has 3 rings (SSSR count). The first-order chi connectivity index (χ1) is 9.86. The molecule has 0 atom stereocenters. The van der Waals surface area contributed by atoms with E-state index in [1.807, 2.05) is 0 Å². The highest BCUT2D eigenvalue weighted by atomic mass is 35.5. The molecule has 0 bridgehead atoms. The highest BCUT2D eigenvalue weighted by Crippen LogP contribution is 2.33. The third-order valence-corrected chi connectivity index (χ3v) is 3.62. The van der Waals surface area contributed by atoms with Gasteiger partial charge in [-0.2, -0.15) is 13.2 Å². The van der Waals surface area contributed by atoms with E-state index in [1.54, 1.807) is 0 Å². The Bertz CT molecular complexity index is 770. The second-order valence-electron chi connectivity index (χ2n) is 4.75. The van der Waals surface area contributed by atoms with E-state index in [0.29, 0.717) is 30.3 Å². The monoisotopic (exact) mass is 315 g/mol. The summed E-state index contributed by atoms with van der Waals surface area (Å²) in [5, 5.41) is -0.203. The van der Waals surface area contributed by atoms with E-state index in [4.69, 9.17) is 11.6 Å². The lowest BCUT2D eigenvalue weighted by Crippen LogP contribution is -2.16. The first-order valence-corrected chi connectivity index (χ1v) is 6.59. The first kappa shape index (κ1) is 14.1. The van der Waals surface area contributed by atoms with Gasteiger partial charge in [0.15, 0.2) is 5.82 Å². The highest BCUT2D eigenvalue weighted by Gasteiger charge is 2.32. The van der Waals surface area contributed by atoms with Crippen LogP contribution in [0.5, 0.6) is 0 Å². The molecule has 0 unspecified atom stereocenters. The second kappa shape index (κ2) is 4.84. The molecule has 1 aliphatic carbocycles. The van der Waals surface area contributed by atoms with Gasteiger partial charge in [0.1, 0.15) is 5.69 Å². The number of aromatic amines is 1. The number of alkyl halides is 3. The topological polar surface area (TPSA) is 58.6 Å². The molecular formula is C13H9ClF3N3O. The number of pyridine rings is 1. The average molecular weight is 316 g/mol. The van der Waals surface area contributed by atoms with E-state index < -0.39 is 11.7 Å². The zero-order chi connectivity index (χ0) is 15.2. The van der Waals surface area contributed by atoms with Gasteiger partial charge in [0.05, 0.1) is 16.3 Å². The summed E-state index contributed by atoms with van der Waals surface area (Å²) in [4.78, 5) is 22.4. The maximum absolute atomic E-state index is 12.6. The van der Waals surface area contributed by atoms with Gasteiger partial charge < -0.3 is 4.98 Å². The number of H-pyrrole nitrogens is 1. The van der Waals surface area contributed by atoms with Crippen LogP contribution in [0, 0.1) is 0 Å². The van der Waals surface area contributed by atoms with Crippen LogP contribution in [0.3, 0.4) is 0 Å². The highest BCUT2D eigenvalue weighted by molar-refractivity contribution is 6.32. The molecular weight excluding hydrogens is 307 g/mol. The van der Waals surface area contributed by atoms with E-state index >= 15 is 0 Å². The number of aromatic nitrogens is 3. The van der Waals surface area contributed by atoms with Crippen molar-refractivity contribution in [2.24, 2.45) is 0 Å². The van der Waals surface area contributed by atoms with Crippen molar-refractivity contribution in [2.75, 3.05) is 0 Å². The Morgan fingerprint density at radius 1 is 1.29 bits per heavy atom. The van der Waals surface area contributed by atoms with Crippen LogP contribution >= 0.6 is 11.6 Å². The van der Waals surface area contributed by atoms with Gasteiger partial charge in [-0.05, 0) is 25.3 Å². The molecule has 0 saturated carbocycles. The lowest BCUT2D eigenvalue weighted by Gasteiger charge is -2.09. The summed E-state index contributed by atoms with van der Waals surface area (Å²) in [6, 6.07) is 0.775. The van der Waals surface area contributed by atoms with Gasteiger partial charge in [-0.15, -0.1) is 0 Å². The summed E-state index contributed by atoms with van der Waals surface area (Å²) in [7, 11) is 0. The number of aryl methyl sites for hydroxylation is 1. The largest absolute Gasteiger partial charge is 0.417 e. The zero-order valence-electron chi connectivity index (χ0n) is 10.6. The minimum absolute atomic E-state index is 0.0384. The van der Waals surface area contributed by atoms with Gasteiger partial charge in [-0.3, -0.25) is 9.78 Å². The molecule has 2 aromatic rings. The Labute approximate surface area is 122 Å². The van der Waals surface area contributed by atoms with Crippen molar-refractivity contribution in [3.63, 3.8) is 0 Å². The van der Waals surface area contributed by atoms with Gasteiger partial charge in [0.2, 0.25) is 0 Å². The van der Waals surface area contributed by atoms with E-state index in [9.17, 15) is 18.0 Å². The maximum Gasteiger partial charge on any atom is 0.417 e. The van der Waals surface area contributed by atoms with Crippen LogP contribution in [0.4, 0.5) is 13.2 Å². The third-order valence-electron chi connectivity index (χ3n) is 3.33. The quantitative estimate of drug-likeness (QED) is 0.880. The molecule has 1 aliphatic rings. The van der Waals surface area contributed by atoms with Crippen molar-refractivity contribution in [3.8, 4) is 11.5 Å². The standard InChI is InChI=1S/C13H9ClF3N3O/c14-8-4-6(13(15,16)17)5-18-10(8)11-19-9-3-1-2-7(9)12(21)20-11/h4-5H,1-3H2,(H,19,20,21). The summed E-state index contributed by atoms with van der Waals surface area (Å²) in [5.74, 6) is 0.0966. The van der Waals surface area contributed by atoms with E-state index in [-0.39, 0.29) is 22.1 Å². The van der Waals surface area contributed by atoms with Crippen molar-refractivity contribution in [1.29, 1.82) is 0 Å². The molecule has 21 heavy (non-hydrogen) atoms. The zero-order valence-corrected chi connectivity index (χ0v) is 11.3. The maximum atomic E-state index is 12.6. The van der Waals surface area contributed by atoms with Crippen molar-refractivity contribution in [3.05, 3.63) is 44.5 Å². The van der Waals surface area contributed by atoms with Crippen molar-refractivity contribution in [1.82, 2.24) is 15.0 Å². The number of nitrogens with one attached hydrogen (secondary N) is 1. The summed E-state index contributed by atoms with van der Waals surface area (Å²) >= 11 is 5.85. The minimum Gasteiger partial charge on any atom is -0.305 e. The summed E-state index contributed by atoms with van der Waals surface area (Å²) < 4.78 is 37.7.